The van der Waals surface area contributed by atoms with Gasteiger partial charge in [-0.2, -0.15) is 5.26 Å². The summed E-state index contributed by atoms with van der Waals surface area (Å²) < 4.78 is 5.40. The van der Waals surface area contributed by atoms with Gasteiger partial charge in [0, 0.05) is 29.1 Å². The minimum atomic E-state index is -0.850. The van der Waals surface area contributed by atoms with Gasteiger partial charge in [0.1, 0.15) is 23.5 Å². The molecule has 210 valence electrons. The third-order valence-corrected chi connectivity index (χ3v) is 7.08. The van der Waals surface area contributed by atoms with Crippen molar-refractivity contribution in [2.24, 2.45) is 11.8 Å². The molecule has 1 aliphatic heterocycles. The molecule has 1 aliphatic rings. The maximum absolute atomic E-state index is 13.7. The number of para-hydroxylation sites is 1. The van der Waals surface area contributed by atoms with E-state index in [9.17, 15) is 19.6 Å². The summed E-state index contributed by atoms with van der Waals surface area (Å²) in [5.41, 5.74) is 1.78. The van der Waals surface area contributed by atoms with E-state index in [-0.39, 0.29) is 17.7 Å². The molecular weight excluding hydrogens is 508 g/mol. The Hall–Kier alpha value is -4.52. The Kier molecular flexibility index (Phi) is 9.27. The number of hydrogen-bond donors (Lipinski definition) is 5. The minimum absolute atomic E-state index is 0.0862. The number of nitrogens with zero attached hydrogens (tertiary/aromatic N) is 1. The molecule has 0 spiro atoms. The highest BCUT2D eigenvalue weighted by Gasteiger charge is 2.34. The molecule has 4 rings (SSSR count). The first-order valence-corrected chi connectivity index (χ1v) is 13.5. The maximum Gasteiger partial charge on any atom is 0.268 e. The number of rotatable bonds is 12. The summed E-state index contributed by atoms with van der Waals surface area (Å²) in [4.78, 5) is 42.4. The first-order valence-electron chi connectivity index (χ1n) is 13.5. The molecule has 0 saturated carbocycles. The average Bonchev–Trinajstić information content (AvgIpc) is 3.57. The number of benzene rings is 2. The molecule has 5 N–H and O–H groups in total. The zero-order valence-corrected chi connectivity index (χ0v) is 23.0. The van der Waals surface area contributed by atoms with Crippen LogP contribution in [0.25, 0.3) is 10.9 Å². The Balaban J connectivity index is 1.54. The smallest absolute Gasteiger partial charge is 0.268 e. The number of methoxy groups -OCH3 is 1. The highest BCUT2D eigenvalue weighted by atomic mass is 16.5. The Morgan fingerprint density at radius 1 is 1.12 bits per heavy atom. The second-order valence-corrected chi connectivity index (χ2v) is 10.5. The fourth-order valence-electron chi connectivity index (χ4n) is 5.04. The molecule has 2 aromatic carbocycles. The molecule has 0 aliphatic carbocycles. The summed E-state index contributed by atoms with van der Waals surface area (Å²) in [5.74, 6) is -0.502. The van der Waals surface area contributed by atoms with Gasteiger partial charge in [-0.3, -0.25) is 14.4 Å². The number of carbonyl (C=O) groups excluding carboxylic acids is 3. The number of carbonyl (C=O) groups is 3. The van der Waals surface area contributed by atoms with Crippen LogP contribution in [0.2, 0.25) is 0 Å². The van der Waals surface area contributed by atoms with Gasteiger partial charge in [0.05, 0.1) is 19.2 Å². The number of fused-ring (bicyclic) bond motifs is 1. The largest absolute Gasteiger partial charge is 0.496 e. The van der Waals surface area contributed by atoms with Crippen LogP contribution in [0.15, 0.2) is 54.6 Å². The molecule has 0 radical (unpaired) electrons. The molecule has 3 aromatic rings. The summed E-state index contributed by atoms with van der Waals surface area (Å²) in [7, 11) is 1.57. The molecular formula is C30H36N6O4. The Labute approximate surface area is 233 Å². The highest BCUT2D eigenvalue weighted by Crippen LogP contribution is 2.26. The highest BCUT2D eigenvalue weighted by molar-refractivity contribution is 6.01. The molecule has 1 unspecified atom stereocenters. The zero-order chi connectivity index (χ0) is 28.6. The van der Waals surface area contributed by atoms with Crippen LogP contribution in [-0.2, 0) is 9.59 Å². The number of nitriles is 1. The summed E-state index contributed by atoms with van der Waals surface area (Å²) in [6.45, 7) is 4.50. The molecule has 10 heteroatoms. The fraction of sp³-hybridized carbons (Fsp3) is 0.400. The van der Waals surface area contributed by atoms with Crippen LogP contribution in [0, 0.1) is 23.2 Å². The lowest BCUT2D eigenvalue weighted by molar-refractivity contribution is -0.126. The number of ether oxygens (including phenoxy) is 1. The quantitative estimate of drug-likeness (QED) is 0.236. The van der Waals surface area contributed by atoms with E-state index in [4.69, 9.17) is 4.74 Å². The van der Waals surface area contributed by atoms with Gasteiger partial charge in [0.25, 0.3) is 5.91 Å². The van der Waals surface area contributed by atoms with E-state index >= 15 is 0 Å². The number of H-pyrrole nitrogens is 1. The molecule has 1 fully saturated rings. The van der Waals surface area contributed by atoms with Crippen LogP contribution in [0.3, 0.4) is 0 Å². The van der Waals surface area contributed by atoms with Crippen molar-refractivity contribution in [3.63, 3.8) is 0 Å². The molecule has 0 bridgehead atoms. The van der Waals surface area contributed by atoms with E-state index < -0.39 is 29.9 Å². The van der Waals surface area contributed by atoms with Crippen molar-refractivity contribution in [1.82, 2.24) is 20.9 Å². The van der Waals surface area contributed by atoms with Gasteiger partial charge in [-0.15, -0.1) is 0 Å². The SMILES string of the molecule is COc1cccc2[nH]c(C(=O)N[C@@H](CC(C)C)C(=O)N[C@@H](C[C@@H]3CCNC3=O)C(C#N)Nc3ccccc3)cc12. The lowest BCUT2D eigenvalue weighted by Crippen LogP contribution is -2.54. The summed E-state index contributed by atoms with van der Waals surface area (Å²) in [6.07, 6.45) is 1.31. The van der Waals surface area contributed by atoms with Gasteiger partial charge in [-0.1, -0.05) is 38.1 Å². The monoisotopic (exact) mass is 544 g/mol. The number of aromatic nitrogens is 1. The van der Waals surface area contributed by atoms with Crippen molar-refractivity contribution in [2.45, 2.75) is 51.2 Å². The third-order valence-electron chi connectivity index (χ3n) is 7.08. The van der Waals surface area contributed by atoms with Crippen LogP contribution >= 0.6 is 0 Å². The number of amides is 3. The Bertz CT molecular complexity index is 1380. The molecule has 1 saturated heterocycles. The van der Waals surface area contributed by atoms with Crippen molar-refractivity contribution in [2.75, 3.05) is 19.0 Å². The van der Waals surface area contributed by atoms with E-state index in [2.05, 4.69) is 32.3 Å². The predicted molar refractivity (Wildman–Crippen MR) is 153 cm³/mol. The topological polar surface area (TPSA) is 148 Å². The fourth-order valence-corrected chi connectivity index (χ4v) is 5.04. The van der Waals surface area contributed by atoms with E-state index in [1.165, 1.54) is 0 Å². The van der Waals surface area contributed by atoms with E-state index in [0.717, 1.165) is 16.6 Å². The second-order valence-electron chi connectivity index (χ2n) is 10.5. The van der Waals surface area contributed by atoms with Crippen molar-refractivity contribution in [1.29, 1.82) is 5.26 Å². The van der Waals surface area contributed by atoms with Crippen LogP contribution in [0.5, 0.6) is 5.75 Å². The van der Waals surface area contributed by atoms with Gasteiger partial charge in [0.15, 0.2) is 0 Å². The zero-order valence-electron chi connectivity index (χ0n) is 23.0. The Morgan fingerprint density at radius 2 is 1.90 bits per heavy atom. The first kappa shape index (κ1) is 28.5. The average molecular weight is 545 g/mol. The molecule has 4 atom stereocenters. The van der Waals surface area contributed by atoms with E-state index in [1.54, 1.807) is 13.2 Å². The van der Waals surface area contributed by atoms with Crippen molar-refractivity contribution in [3.05, 3.63) is 60.3 Å². The van der Waals surface area contributed by atoms with Crippen molar-refractivity contribution in [3.8, 4) is 11.8 Å². The molecule has 10 nitrogen and oxygen atoms in total. The lowest BCUT2D eigenvalue weighted by Gasteiger charge is -2.29. The molecule has 2 heterocycles. The van der Waals surface area contributed by atoms with Gasteiger partial charge < -0.3 is 31.0 Å². The molecule has 40 heavy (non-hydrogen) atoms. The minimum Gasteiger partial charge on any atom is -0.496 e. The number of hydrogen-bond acceptors (Lipinski definition) is 6. The summed E-state index contributed by atoms with van der Waals surface area (Å²) in [5, 5.41) is 22.7. The van der Waals surface area contributed by atoms with Crippen molar-refractivity contribution < 1.29 is 19.1 Å². The van der Waals surface area contributed by atoms with Crippen LogP contribution < -0.4 is 26.0 Å². The normalized spacial score (nSPS) is 17.0. The lowest BCUT2D eigenvalue weighted by atomic mass is 9.93. The van der Waals surface area contributed by atoms with E-state index in [1.807, 2.05) is 62.4 Å². The van der Waals surface area contributed by atoms with Gasteiger partial charge >= 0.3 is 0 Å². The number of nitrogens with one attached hydrogen (secondary N) is 5. The third kappa shape index (κ3) is 6.91. The van der Waals surface area contributed by atoms with E-state index in [0.29, 0.717) is 37.3 Å². The Morgan fingerprint density at radius 3 is 2.55 bits per heavy atom. The summed E-state index contributed by atoms with van der Waals surface area (Å²) >= 11 is 0. The van der Waals surface area contributed by atoms with Crippen LogP contribution in [-0.4, -0.2) is 54.5 Å². The number of aromatic amines is 1. The van der Waals surface area contributed by atoms with Gasteiger partial charge in [-0.25, -0.2) is 0 Å². The number of anilines is 1. The van der Waals surface area contributed by atoms with Gasteiger partial charge in [0.2, 0.25) is 11.8 Å². The van der Waals surface area contributed by atoms with Gasteiger partial charge in [-0.05, 0) is 55.5 Å². The summed E-state index contributed by atoms with van der Waals surface area (Å²) in [6, 6.07) is 16.4. The van der Waals surface area contributed by atoms with Crippen LogP contribution in [0.4, 0.5) is 5.69 Å². The molecule has 1 aromatic heterocycles. The maximum atomic E-state index is 13.7. The second kappa shape index (κ2) is 13.0. The first-order chi connectivity index (χ1) is 19.3. The van der Waals surface area contributed by atoms with Crippen molar-refractivity contribution >= 4 is 34.3 Å². The molecule has 3 amide bonds. The standard InChI is InChI=1S/C30H36N6O4/c1-18(2)14-24(36-30(39)25-16-21-22(34-25)10-7-11-27(21)40-3)29(38)35-23(15-19-12-13-32-28(19)37)26(17-31)33-20-8-5-4-6-9-20/h4-11,16,18-19,23-24,26,33-34H,12-15H2,1-3H3,(H,32,37)(H,35,38)(H,36,39)/t19-,23-,24-,26?/m0/s1. The predicted octanol–water partition coefficient (Wildman–Crippen LogP) is 3.34. The van der Waals surface area contributed by atoms with Crippen LogP contribution in [0.1, 0.15) is 43.6 Å².